The highest BCUT2D eigenvalue weighted by atomic mass is 15.1. The van der Waals surface area contributed by atoms with Crippen LogP contribution in [0.4, 0.5) is 17.1 Å². The Morgan fingerprint density at radius 1 is 0.588 bits per heavy atom. The molecule has 4 aromatic carbocycles. The van der Waals surface area contributed by atoms with E-state index in [0.29, 0.717) is 0 Å². The molecule has 0 saturated heterocycles. The highest BCUT2D eigenvalue weighted by molar-refractivity contribution is 5.97. The van der Waals surface area contributed by atoms with E-state index in [2.05, 4.69) is 118 Å². The number of benzene rings is 4. The van der Waals surface area contributed by atoms with E-state index >= 15 is 0 Å². The molecule has 0 saturated carbocycles. The third-order valence-corrected chi connectivity index (χ3v) is 5.75. The van der Waals surface area contributed by atoms with Crippen LogP contribution in [0, 0.1) is 23.7 Å². The van der Waals surface area contributed by atoms with E-state index in [4.69, 9.17) is 0 Å². The fraction of sp³-hybridized carbons (Fsp3) is 0.161. The van der Waals surface area contributed by atoms with Crippen LogP contribution < -0.4 is 15.1 Å². The molecule has 4 aromatic rings. The lowest BCUT2D eigenvalue weighted by molar-refractivity contribution is 1.13. The predicted octanol–water partition coefficient (Wildman–Crippen LogP) is 5.81. The Balaban J connectivity index is 1.75. The first-order valence-corrected chi connectivity index (χ1v) is 11.3. The van der Waals surface area contributed by atoms with Gasteiger partial charge in [0.1, 0.15) is 0 Å². The average Bonchev–Trinajstić information content (AvgIpc) is 2.86. The monoisotopic (exact) mass is 443 g/mol. The zero-order chi connectivity index (χ0) is 24.1. The zero-order valence-electron chi connectivity index (χ0n) is 20.4. The lowest BCUT2D eigenvalue weighted by Crippen LogP contribution is -2.07. The summed E-state index contributed by atoms with van der Waals surface area (Å²) >= 11 is 0. The summed E-state index contributed by atoms with van der Waals surface area (Å²) in [6, 6.07) is 27.0. The smallest absolute Gasteiger partial charge is 0.0559 e. The fourth-order valence-electron chi connectivity index (χ4n) is 3.77. The second-order valence-electron chi connectivity index (χ2n) is 8.52. The molecule has 3 heteroatoms. The van der Waals surface area contributed by atoms with Gasteiger partial charge in [0.05, 0.1) is 11.3 Å². The maximum absolute atomic E-state index is 3.41. The number of hydrogen-bond acceptors (Lipinski definition) is 3. The van der Waals surface area contributed by atoms with Gasteiger partial charge < -0.3 is 15.1 Å². The van der Waals surface area contributed by atoms with E-state index in [1.807, 2.05) is 35.2 Å². The van der Waals surface area contributed by atoms with Crippen molar-refractivity contribution in [3.63, 3.8) is 0 Å². The third-order valence-electron chi connectivity index (χ3n) is 5.75. The van der Waals surface area contributed by atoms with Crippen molar-refractivity contribution in [3.8, 4) is 23.7 Å². The summed E-state index contributed by atoms with van der Waals surface area (Å²) in [6.45, 7) is 0. The van der Waals surface area contributed by atoms with Crippen molar-refractivity contribution in [3.05, 3.63) is 101 Å². The van der Waals surface area contributed by atoms with E-state index in [-0.39, 0.29) is 0 Å². The van der Waals surface area contributed by atoms with Crippen LogP contribution in [0.3, 0.4) is 0 Å². The molecule has 0 atom stereocenters. The van der Waals surface area contributed by atoms with E-state index in [1.165, 1.54) is 0 Å². The Hall–Kier alpha value is -4.34. The predicted molar refractivity (Wildman–Crippen MR) is 147 cm³/mol. The number of nitrogens with zero attached hydrogens (tertiary/aromatic N) is 2. The molecule has 34 heavy (non-hydrogen) atoms. The molecule has 0 amide bonds. The minimum absolute atomic E-state index is 0.975. The molecule has 0 unspecified atom stereocenters. The molecule has 0 radical (unpaired) electrons. The Morgan fingerprint density at radius 3 is 1.59 bits per heavy atom. The molecule has 0 aliphatic heterocycles. The Labute approximate surface area is 203 Å². The van der Waals surface area contributed by atoms with Crippen molar-refractivity contribution < 1.29 is 0 Å². The molecule has 4 rings (SSSR count). The number of nitrogens with one attached hydrogen (secondary N) is 1. The van der Waals surface area contributed by atoms with Crippen LogP contribution in [-0.4, -0.2) is 35.2 Å². The van der Waals surface area contributed by atoms with Crippen molar-refractivity contribution in [1.82, 2.24) is 0 Å². The zero-order valence-corrected chi connectivity index (χ0v) is 20.4. The first-order valence-electron chi connectivity index (χ1n) is 11.3. The molecular weight excluding hydrogens is 414 g/mol. The van der Waals surface area contributed by atoms with Crippen molar-refractivity contribution in [1.29, 1.82) is 0 Å². The Bertz CT molecular complexity index is 1420. The number of anilines is 3. The van der Waals surface area contributed by atoms with Crippen molar-refractivity contribution >= 4 is 27.8 Å². The van der Waals surface area contributed by atoms with Crippen LogP contribution in [0.25, 0.3) is 10.8 Å². The van der Waals surface area contributed by atoms with Gasteiger partial charge in [0.2, 0.25) is 0 Å². The van der Waals surface area contributed by atoms with Crippen molar-refractivity contribution in [2.45, 2.75) is 0 Å². The Kier molecular flexibility index (Phi) is 6.77. The molecule has 0 aliphatic rings. The van der Waals surface area contributed by atoms with E-state index in [0.717, 1.165) is 50.1 Å². The van der Waals surface area contributed by atoms with Crippen LogP contribution in [0.2, 0.25) is 0 Å². The standard InChI is InChI=1S/C31H29N3/c1-32-31-22-25(16-10-23-11-17-26(18-12-23)33(2)3)28-8-6-7-9-29(28)30(31)21-15-24-13-19-27(20-14-24)34(4)5/h6-9,11-14,17-20,22,32H,1-5H3. The summed E-state index contributed by atoms with van der Waals surface area (Å²) < 4.78 is 0. The molecule has 168 valence electrons. The highest BCUT2D eigenvalue weighted by Crippen LogP contribution is 2.29. The average molecular weight is 444 g/mol. The summed E-state index contributed by atoms with van der Waals surface area (Å²) in [4.78, 5) is 4.17. The van der Waals surface area contributed by atoms with Gasteiger partial charge in [-0.1, -0.05) is 47.9 Å². The lowest BCUT2D eigenvalue weighted by atomic mass is 9.97. The van der Waals surface area contributed by atoms with Gasteiger partial charge in [0, 0.05) is 68.7 Å². The van der Waals surface area contributed by atoms with E-state index < -0.39 is 0 Å². The number of fused-ring (bicyclic) bond motifs is 1. The van der Waals surface area contributed by atoms with Crippen LogP contribution in [-0.2, 0) is 0 Å². The van der Waals surface area contributed by atoms with Gasteiger partial charge in [-0.25, -0.2) is 0 Å². The normalized spacial score (nSPS) is 10.0. The minimum atomic E-state index is 0.975. The molecular formula is C31H29N3. The SMILES string of the molecule is CNc1cc(C#Cc2ccc(N(C)C)cc2)c2ccccc2c1C#Cc1ccc(N(C)C)cc1. The molecule has 0 bridgehead atoms. The molecule has 3 nitrogen and oxygen atoms in total. The number of hydrogen-bond donors (Lipinski definition) is 1. The van der Waals surface area contributed by atoms with Crippen LogP contribution in [0.1, 0.15) is 22.3 Å². The summed E-state index contributed by atoms with van der Waals surface area (Å²) in [7, 11) is 10.1. The third kappa shape index (κ3) is 5.01. The van der Waals surface area contributed by atoms with Crippen LogP contribution in [0.5, 0.6) is 0 Å². The first-order chi connectivity index (χ1) is 16.5. The van der Waals surface area contributed by atoms with Gasteiger partial charge >= 0.3 is 0 Å². The van der Waals surface area contributed by atoms with Gasteiger partial charge in [-0.2, -0.15) is 0 Å². The quantitative estimate of drug-likeness (QED) is 0.403. The summed E-state index contributed by atoms with van der Waals surface area (Å²) in [6.07, 6.45) is 0. The molecule has 0 spiro atoms. The summed E-state index contributed by atoms with van der Waals surface area (Å²) in [5.74, 6) is 13.5. The second kappa shape index (κ2) is 10.1. The van der Waals surface area contributed by atoms with Gasteiger partial charge in [-0.3, -0.25) is 0 Å². The maximum Gasteiger partial charge on any atom is 0.0559 e. The molecule has 1 N–H and O–H groups in total. The highest BCUT2D eigenvalue weighted by Gasteiger charge is 2.09. The van der Waals surface area contributed by atoms with E-state index in [1.54, 1.807) is 0 Å². The largest absolute Gasteiger partial charge is 0.387 e. The van der Waals surface area contributed by atoms with Crippen LogP contribution in [0.15, 0.2) is 78.9 Å². The summed E-state index contributed by atoms with van der Waals surface area (Å²) in [5.41, 5.74) is 7.24. The topological polar surface area (TPSA) is 18.5 Å². The minimum Gasteiger partial charge on any atom is -0.387 e. The van der Waals surface area contributed by atoms with Crippen molar-refractivity contribution in [2.24, 2.45) is 0 Å². The van der Waals surface area contributed by atoms with E-state index in [9.17, 15) is 0 Å². The van der Waals surface area contributed by atoms with Crippen LogP contribution >= 0.6 is 0 Å². The first kappa shape index (κ1) is 22.8. The maximum atomic E-state index is 3.41. The second-order valence-corrected chi connectivity index (χ2v) is 8.52. The van der Waals surface area contributed by atoms with Gasteiger partial charge in [-0.15, -0.1) is 0 Å². The molecule has 0 aromatic heterocycles. The summed E-state index contributed by atoms with van der Waals surface area (Å²) in [5, 5.41) is 5.52. The van der Waals surface area contributed by atoms with Crippen molar-refractivity contribution in [2.75, 3.05) is 50.4 Å². The Morgan fingerprint density at radius 2 is 1.09 bits per heavy atom. The molecule has 0 fully saturated rings. The number of rotatable bonds is 3. The van der Waals surface area contributed by atoms with Gasteiger partial charge in [-0.05, 0) is 60.0 Å². The molecule has 0 heterocycles. The van der Waals surface area contributed by atoms with Gasteiger partial charge in [0.25, 0.3) is 0 Å². The fourth-order valence-corrected chi connectivity index (χ4v) is 3.77. The van der Waals surface area contributed by atoms with Gasteiger partial charge in [0.15, 0.2) is 0 Å². The molecule has 0 aliphatic carbocycles. The lowest BCUT2D eigenvalue weighted by Gasteiger charge is -2.12.